The molecule has 0 saturated heterocycles. The van der Waals surface area contributed by atoms with Gasteiger partial charge in [-0.25, -0.2) is 4.79 Å². The van der Waals surface area contributed by atoms with E-state index < -0.39 is 18.0 Å². The normalized spacial score (nSPS) is 17.1. The third kappa shape index (κ3) is 7.68. The van der Waals surface area contributed by atoms with Gasteiger partial charge in [-0.15, -0.1) is 0 Å². The minimum atomic E-state index is -1.18. The zero-order chi connectivity index (χ0) is 15.7. The summed E-state index contributed by atoms with van der Waals surface area (Å²) in [7, 11) is 0. The van der Waals surface area contributed by atoms with Gasteiger partial charge in [0, 0.05) is 12.8 Å². The predicted molar refractivity (Wildman–Crippen MR) is 76.9 cm³/mol. The molecular weight excluding hydrogens is 274 g/mol. The van der Waals surface area contributed by atoms with Crippen LogP contribution in [0.15, 0.2) is 0 Å². The van der Waals surface area contributed by atoms with Gasteiger partial charge in [-0.2, -0.15) is 0 Å². The molecule has 1 saturated carbocycles. The lowest BCUT2D eigenvalue weighted by atomic mass is 9.86. The Labute approximate surface area is 124 Å². The maximum Gasteiger partial charge on any atom is 0.326 e. The zero-order valence-electron chi connectivity index (χ0n) is 12.3. The molecule has 0 spiro atoms. The van der Waals surface area contributed by atoms with Gasteiger partial charge in [-0.05, 0) is 25.2 Å². The Morgan fingerprint density at radius 2 is 1.71 bits per heavy atom. The Kier molecular flexibility index (Phi) is 7.79. The molecule has 3 N–H and O–H groups in total. The summed E-state index contributed by atoms with van der Waals surface area (Å²) >= 11 is 0. The van der Waals surface area contributed by atoms with Crippen LogP contribution in [0.5, 0.6) is 0 Å². The number of carboxylic acids is 2. The van der Waals surface area contributed by atoms with Gasteiger partial charge in [0.25, 0.3) is 0 Å². The van der Waals surface area contributed by atoms with E-state index in [4.69, 9.17) is 10.2 Å². The molecule has 1 aliphatic carbocycles. The SMILES string of the molecule is O=C(O)CC[C@H](NC(=O)CCCC1CCCCC1)C(=O)O. The fraction of sp³-hybridized carbons (Fsp3) is 0.800. The van der Waals surface area contributed by atoms with Crippen LogP contribution in [0.1, 0.15) is 64.2 Å². The summed E-state index contributed by atoms with van der Waals surface area (Å²) in [5, 5.41) is 19.9. The number of rotatable bonds is 9. The summed E-state index contributed by atoms with van der Waals surface area (Å²) in [5.41, 5.74) is 0. The summed E-state index contributed by atoms with van der Waals surface area (Å²) in [6, 6.07) is -1.11. The minimum Gasteiger partial charge on any atom is -0.481 e. The first kappa shape index (κ1) is 17.5. The van der Waals surface area contributed by atoms with E-state index in [-0.39, 0.29) is 18.7 Å². The molecule has 0 aromatic rings. The van der Waals surface area contributed by atoms with Gasteiger partial charge >= 0.3 is 11.9 Å². The fourth-order valence-corrected chi connectivity index (χ4v) is 2.82. The molecule has 0 radical (unpaired) electrons. The summed E-state index contributed by atoms with van der Waals surface area (Å²) < 4.78 is 0. The third-order valence-corrected chi connectivity index (χ3v) is 4.02. The molecular formula is C15H25NO5. The van der Waals surface area contributed by atoms with Crippen molar-refractivity contribution >= 4 is 17.8 Å². The number of hydrogen-bond donors (Lipinski definition) is 3. The smallest absolute Gasteiger partial charge is 0.326 e. The molecule has 0 heterocycles. The predicted octanol–water partition coefficient (Wildman–Crippen LogP) is 2.17. The molecule has 1 rings (SSSR count). The van der Waals surface area contributed by atoms with Crippen LogP contribution in [0.25, 0.3) is 0 Å². The lowest BCUT2D eigenvalue weighted by Gasteiger charge is -2.21. The van der Waals surface area contributed by atoms with Crippen molar-refractivity contribution in [2.75, 3.05) is 0 Å². The molecule has 1 atom stereocenters. The van der Waals surface area contributed by atoms with Crippen molar-refractivity contribution in [2.45, 2.75) is 70.3 Å². The van der Waals surface area contributed by atoms with Crippen LogP contribution >= 0.6 is 0 Å². The number of carbonyl (C=O) groups excluding carboxylic acids is 1. The summed E-state index contributed by atoms with van der Waals surface area (Å²) in [5.74, 6) is -1.85. The van der Waals surface area contributed by atoms with Gasteiger partial charge in [-0.3, -0.25) is 9.59 Å². The van der Waals surface area contributed by atoms with Crippen molar-refractivity contribution in [3.63, 3.8) is 0 Å². The number of carboxylic acid groups (broad SMARTS) is 2. The Morgan fingerprint density at radius 3 is 2.29 bits per heavy atom. The Hall–Kier alpha value is -1.59. The topological polar surface area (TPSA) is 104 Å². The molecule has 120 valence electrons. The zero-order valence-corrected chi connectivity index (χ0v) is 12.3. The highest BCUT2D eigenvalue weighted by molar-refractivity contribution is 5.83. The first-order chi connectivity index (χ1) is 9.99. The van der Waals surface area contributed by atoms with Crippen LogP contribution in [-0.2, 0) is 14.4 Å². The van der Waals surface area contributed by atoms with Crippen molar-refractivity contribution in [3.05, 3.63) is 0 Å². The van der Waals surface area contributed by atoms with Crippen molar-refractivity contribution in [1.82, 2.24) is 5.32 Å². The molecule has 6 nitrogen and oxygen atoms in total. The van der Waals surface area contributed by atoms with Crippen LogP contribution in [0.3, 0.4) is 0 Å². The first-order valence-electron chi connectivity index (χ1n) is 7.73. The number of amides is 1. The maximum atomic E-state index is 11.7. The number of carbonyl (C=O) groups is 3. The molecule has 0 bridgehead atoms. The van der Waals surface area contributed by atoms with Crippen LogP contribution in [0.4, 0.5) is 0 Å². The molecule has 0 aliphatic heterocycles. The van der Waals surface area contributed by atoms with Crippen molar-refractivity contribution in [2.24, 2.45) is 5.92 Å². The van der Waals surface area contributed by atoms with E-state index >= 15 is 0 Å². The highest BCUT2D eigenvalue weighted by atomic mass is 16.4. The van der Waals surface area contributed by atoms with Crippen LogP contribution in [0.2, 0.25) is 0 Å². The average Bonchev–Trinajstić information content (AvgIpc) is 2.44. The van der Waals surface area contributed by atoms with Gasteiger partial charge in [0.05, 0.1) is 0 Å². The van der Waals surface area contributed by atoms with E-state index in [9.17, 15) is 14.4 Å². The highest BCUT2D eigenvalue weighted by Gasteiger charge is 2.21. The van der Waals surface area contributed by atoms with E-state index in [1.807, 2.05) is 0 Å². The van der Waals surface area contributed by atoms with E-state index in [1.165, 1.54) is 32.1 Å². The maximum absolute atomic E-state index is 11.7. The van der Waals surface area contributed by atoms with Gasteiger partial charge < -0.3 is 15.5 Å². The largest absolute Gasteiger partial charge is 0.481 e. The molecule has 0 aromatic carbocycles. The molecule has 0 unspecified atom stereocenters. The lowest BCUT2D eigenvalue weighted by Crippen LogP contribution is -2.41. The van der Waals surface area contributed by atoms with Gasteiger partial charge in [-0.1, -0.05) is 32.1 Å². The summed E-state index contributed by atoms with van der Waals surface area (Å²) in [6.45, 7) is 0. The Morgan fingerprint density at radius 1 is 1.05 bits per heavy atom. The quantitative estimate of drug-likeness (QED) is 0.605. The highest BCUT2D eigenvalue weighted by Crippen LogP contribution is 2.27. The Balaban J connectivity index is 2.22. The van der Waals surface area contributed by atoms with E-state index in [0.29, 0.717) is 12.3 Å². The molecule has 1 amide bonds. The van der Waals surface area contributed by atoms with Crippen LogP contribution < -0.4 is 5.32 Å². The lowest BCUT2D eigenvalue weighted by molar-refractivity contribution is -0.143. The first-order valence-corrected chi connectivity index (χ1v) is 7.73. The van der Waals surface area contributed by atoms with Crippen LogP contribution in [0, 0.1) is 5.92 Å². The molecule has 21 heavy (non-hydrogen) atoms. The van der Waals surface area contributed by atoms with Gasteiger partial charge in [0.15, 0.2) is 0 Å². The summed E-state index contributed by atoms with van der Waals surface area (Å²) in [6.07, 6.45) is 8.06. The number of aliphatic carboxylic acids is 2. The molecule has 1 fully saturated rings. The number of hydrogen-bond acceptors (Lipinski definition) is 3. The van der Waals surface area contributed by atoms with E-state index in [1.54, 1.807) is 0 Å². The van der Waals surface area contributed by atoms with Crippen LogP contribution in [-0.4, -0.2) is 34.1 Å². The van der Waals surface area contributed by atoms with E-state index in [0.717, 1.165) is 12.8 Å². The Bertz CT molecular complexity index is 363. The summed E-state index contributed by atoms with van der Waals surface area (Å²) in [4.78, 5) is 33.1. The second-order valence-corrected chi connectivity index (χ2v) is 5.79. The van der Waals surface area contributed by atoms with Gasteiger partial charge in [0.2, 0.25) is 5.91 Å². The standard InChI is InChI=1S/C15H25NO5/c17-13(8-4-7-11-5-2-1-3-6-11)16-12(15(20)21)9-10-14(18)19/h11-12H,1-10H2,(H,16,17)(H,18,19)(H,20,21)/t12-/m0/s1. The minimum absolute atomic E-state index is 0.0843. The number of nitrogens with one attached hydrogen (secondary N) is 1. The second kappa shape index (κ2) is 9.37. The average molecular weight is 299 g/mol. The second-order valence-electron chi connectivity index (χ2n) is 5.79. The molecule has 6 heteroatoms. The van der Waals surface area contributed by atoms with Crippen molar-refractivity contribution < 1.29 is 24.6 Å². The third-order valence-electron chi connectivity index (χ3n) is 4.02. The molecule has 0 aromatic heterocycles. The fourth-order valence-electron chi connectivity index (χ4n) is 2.82. The van der Waals surface area contributed by atoms with Crippen molar-refractivity contribution in [1.29, 1.82) is 0 Å². The van der Waals surface area contributed by atoms with Gasteiger partial charge in [0.1, 0.15) is 6.04 Å². The monoisotopic (exact) mass is 299 g/mol. The molecule has 1 aliphatic rings. The van der Waals surface area contributed by atoms with E-state index in [2.05, 4.69) is 5.32 Å². The van der Waals surface area contributed by atoms with Crippen molar-refractivity contribution in [3.8, 4) is 0 Å².